The Morgan fingerprint density at radius 1 is 0.805 bits per heavy atom. The maximum Gasteiger partial charge on any atom is 0.229 e. The Bertz CT molecular complexity index is 1450. The lowest BCUT2D eigenvalue weighted by Crippen LogP contribution is -2.60. The highest BCUT2D eigenvalue weighted by atomic mass is 16.7. The number of aliphatic hydroxyl groups is 7. The molecule has 0 bridgehead atoms. The summed E-state index contributed by atoms with van der Waals surface area (Å²) in [4.78, 5) is 12.9. The molecule has 0 spiro atoms. The highest BCUT2D eigenvalue weighted by molar-refractivity contribution is 5.86. The summed E-state index contributed by atoms with van der Waals surface area (Å²) >= 11 is 0. The minimum absolute atomic E-state index is 0.0442. The van der Waals surface area contributed by atoms with Gasteiger partial charge in [-0.2, -0.15) is 0 Å². The van der Waals surface area contributed by atoms with Crippen molar-refractivity contribution in [2.75, 3.05) is 13.2 Å². The zero-order valence-corrected chi connectivity index (χ0v) is 21.0. The predicted octanol–water partition coefficient (Wildman–Crippen LogP) is -2.13. The average molecular weight is 580 g/mol. The van der Waals surface area contributed by atoms with Crippen LogP contribution in [0.4, 0.5) is 0 Å². The van der Waals surface area contributed by atoms with Crippen LogP contribution in [0.3, 0.4) is 0 Å². The molecule has 2 fully saturated rings. The van der Waals surface area contributed by atoms with E-state index in [1.54, 1.807) is 0 Å². The molecule has 0 saturated carbocycles. The molecule has 0 aliphatic carbocycles. The lowest BCUT2D eigenvalue weighted by molar-refractivity contribution is -0.277. The van der Waals surface area contributed by atoms with Gasteiger partial charge in [-0.3, -0.25) is 4.79 Å². The van der Waals surface area contributed by atoms with E-state index in [2.05, 4.69) is 0 Å². The second-order valence-electron chi connectivity index (χ2n) is 9.66. The van der Waals surface area contributed by atoms with E-state index in [1.807, 2.05) is 0 Å². The van der Waals surface area contributed by atoms with E-state index in [9.17, 15) is 50.8 Å². The maximum absolute atomic E-state index is 12.9. The van der Waals surface area contributed by atoms with E-state index in [0.29, 0.717) is 0 Å². The first-order chi connectivity index (χ1) is 19.5. The summed E-state index contributed by atoms with van der Waals surface area (Å²) < 4.78 is 27.4. The normalized spacial score (nSPS) is 32.1. The van der Waals surface area contributed by atoms with Crippen molar-refractivity contribution >= 4 is 11.0 Å². The van der Waals surface area contributed by atoms with Gasteiger partial charge in [0, 0.05) is 23.8 Å². The highest BCUT2D eigenvalue weighted by Gasteiger charge is 2.45. The molecule has 41 heavy (non-hydrogen) atoms. The molecule has 3 aromatic rings. The average Bonchev–Trinajstić information content (AvgIpc) is 2.94. The lowest BCUT2D eigenvalue weighted by Gasteiger charge is -2.39. The fourth-order valence-electron chi connectivity index (χ4n) is 4.52. The fraction of sp³-hybridized carbons (Fsp3) is 0.423. The van der Waals surface area contributed by atoms with Crippen LogP contribution in [0.5, 0.6) is 23.0 Å². The highest BCUT2D eigenvalue weighted by Crippen LogP contribution is 2.36. The molecule has 2 aromatic carbocycles. The smallest absolute Gasteiger partial charge is 0.229 e. The van der Waals surface area contributed by atoms with Gasteiger partial charge in [-0.15, -0.1) is 0 Å². The summed E-state index contributed by atoms with van der Waals surface area (Å²) in [7, 11) is 0. The molecule has 15 nitrogen and oxygen atoms in total. The van der Waals surface area contributed by atoms with Gasteiger partial charge in [0.25, 0.3) is 0 Å². The molecule has 3 heterocycles. The third-order valence-corrected chi connectivity index (χ3v) is 6.83. The van der Waals surface area contributed by atoms with Gasteiger partial charge in [0.1, 0.15) is 71.0 Å². The number of ether oxygens (including phenoxy) is 4. The maximum atomic E-state index is 12.9. The Morgan fingerprint density at radius 3 is 2.27 bits per heavy atom. The van der Waals surface area contributed by atoms with Gasteiger partial charge in [0.2, 0.25) is 12.6 Å². The summed E-state index contributed by atoms with van der Waals surface area (Å²) in [6, 6.07) is 7.19. The Balaban J connectivity index is 1.45. The van der Waals surface area contributed by atoms with Crippen LogP contribution >= 0.6 is 0 Å². The van der Waals surface area contributed by atoms with E-state index in [0.717, 1.165) is 12.1 Å². The van der Waals surface area contributed by atoms with E-state index < -0.39 is 73.1 Å². The Hall–Kier alpha value is -3.51. The van der Waals surface area contributed by atoms with Crippen LogP contribution in [0.2, 0.25) is 0 Å². The molecule has 0 unspecified atom stereocenters. The van der Waals surface area contributed by atoms with Crippen molar-refractivity contribution in [3.05, 3.63) is 46.6 Å². The van der Waals surface area contributed by atoms with Crippen LogP contribution in [0.15, 0.2) is 45.6 Å². The fourth-order valence-corrected chi connectivity index (χ4v) is 4.52. The Labute approximate surface area is 230 Å². The first-order valence-electron chi connectivity index (χ1n) is 12.4. The van der Waals surface area contributed by atoms with E-state index >= 15 is 0 Å². The number of hydrogen-bond acceptors (Lipinski definition) is 15. The van der Waals surface area contributed by atoms with E-state index in [4.69, 9.17) is 23.4 Å². The van der Waals surface area contributed by atoms with Gasteiger partial charge in [-0.05, 0) is 18.2 Å². The molecule has 5 rings (SSSR count). The zero-order chi connectivity index (χ0) is 29.6. The van der Waals surface area contributed by atoms with Gasteiger partial charge < -0.3 is 69.3 Å². The summed E-state index contributed by atoms with van der Waals surface area (Å²) in [5.41, 5.74) is -0.606. The molecule has 222 valence electrons. The minimum Gasteiger partial charge on any atom is -0.507 e. The van der Waals surface area contributed by atoms with Crippen molar-refractivity contribution in [3.63, 3.8) is 0 Å². The molecule has 1 aromatic heterocycles. The van der Waals surface area contributed by atoms with Crippen molar-refractivity contribution in [2.45, 2.75) is 55.3 Å². The van der Waals surface area contributed by atoms with Gasteiger partial charge in [-0.1, -0.05) is 0 Å². The van der Waals surface area contributed by atoms with Crippen LogP contribution < -0.4 is 14.9 Å². The number of benzene rings is 2. The predicted molar refractivity (Wildman–Crippen MR) is 134 cm³/mol. The van der Waals surface area contributed by atoms with Gasteiger partial charge >= 0.3 is 0 Å². The van der Waals surface area contributed by atoms with Crippen LogP contribution in [0.1, 0.15) is 0 Å². The molecule has 9 N–H and O–H groups in total. The molecular weight excluding hydrogens is 552 g/mol. The van der Waals surface area contributed by atoms with Gasteiger partial charge in [0.05, 0.1) is 13.2 Å². The van der Waals surface area contributed by atoms with Crippen molar-refractivity contribution in [1.29, 1.82) is 0 Å². The van der Waals surface area contributed by atoms with Crippen LogP contribution in [0, 0.1) is 0 Å². The van der Waals surface area contributed by atoms with Crippen LogP contribution in [-0.4, -0.2) is 114 Å². The molecule has 15 heteroatoms. The number of phenolic OH excluding ortho intramolecular Hbond substituents is 2. The Kier molecular flexibility index (Phi) is 8.06. The van der Waals surface area contributed by atoms with Crippen LogP contribution in [-0.2, 0) is 9.47 Å². The zero-order valence-electron chi connectivity index (χ0n) is 21.0. The van der Waals surface area contributed by atoms with Crippen molar-refractivity contribution in [2.24, 2.45) is 0 Å². The third-order valence-electron chi connectivity index (χ3n) is 6.83. The molecule has 9 atom stereocenters. The second kappa shape index (κ2) is 11.4. The molecule has 0 radical (unpaired) electrons. The Morgan fingerprint density at radius 2 is 1.54 bits per heavy atom. The lowest BCUT2D eigenvalue weighted by atomic mass is 9.99. The quantitative estimate of drug-likeness (QED) is 0.151. The number of aliphatic hydroxyl groups excluding tert-OH is 7. The summed E-state index contributed by atoms with van der Waals surface area (Å²) in [6.07, 6.45) is -13.8. The molecule has 2 aliphatic rings. The topological polar surface area (TPSA) is 249 Å². The van der Waals surface area contributed by atoms with Crippen molar-refractivity contribution < 1.29 is 69.3 Å². The number of phenols is 2. The van der Waals surface area contributed by atoms with E-state index in [1.165, 1.54) is 24.3 Å². The second-order valence-corrected chi connectivity index (χ2v) is 9.66. The van der Waals surface area contributed by atoms with Crippen LogP contribution in [0.25, 0.3) is 22.3 Å². The largest absolute Gasteiger partial charge is 0.507 e. The minimum atomic E-state index is -1.73. The standard InChI is InChI=1S/C26H28O15/c27-7-18-21(33)22(34)24(36)26(41-18)38-10-4-12(29)19-13(30)6-15(39-17(19)5-10)9-1-2-11(28)16(3-9)40-25-23(35)20(32)14(31)8-37-25/h1-6,14,18,20-29,31-36H,7-8H2/t14-,18-,20+,21-,22+,23-,24-,25+,26-/m1/s1. The first kappa shape index (κ1) is 29.0. The third kappa shape index (κ3) is 5.54. The van der Waals surface area contributed by atoms with Gasteiger partial charge in [0.15, 0.2) is 16.9 Å². The molecule has 2 aliphatic heterocycles. The summed E-state index contributed by atoms with van der Waals surface area (Å²) in [6.45, 7) is -1.02. The first-order valence-corrected chi connectivity index (χ1v) is 12.4. The number of fused-ring (bicyclic) bond motifs is 1. The molecular formula is C26H28O15. The number of hydrogen-bond donors (Lipinski definition) is 9. The molecule has 0 amide bonds. The number of aromatic hydroxyl groups is 2. The van der Waals surface area contributed by atoms with Gasteiger partial charge in [-0.25, -0.2) is 0 Å². The summed E-state index contributed by atoms with van der Waals surface area (Å²) in [5.74, 6) is -1.32. The molecule has 2 saturated heterocycles. The van der Waals surface area contributed by atoms with Crippen molar-refractivity contribution in [1.82, 2.24) is 0 Å². The van der Waals surface area contributed by atoms with Crippen molar-refractivity contribution in [3.8, 4) is 34.3 Å². The monoisotopic (exact) mass is 580 g/mol. The summed E-state index contributed by atoms with van der Waals surface area (Å²) in [5, 5.41) is 89.8. The SMILES string of the molecule is O=c1cc(-c2ccc(O)c(O[C@@H]3OC[C@@H](O)[C@H](O)[C@H]3O)c2)oc2cc(O[C@@H]3O[C@H](CO)[C@@H](O)[C@H](O)[C@H]3O)cc(O)c12. The van der Waals surface area contributed by atoms with E-state index in [-0.39, 0.29) is 46.1 Å². The number of rotatable bonds is 6.